The van der Waals surface area contributed by atoms with Gasteiger partial charge in [-0.15, -0.1) is 0 Å². The quantitative estimate of drug-likeness (QED) is 0.941. The van der Waals surface area contributed by atoms with Gasteiger partial charge in [0.2, 0.25) is 6.79 Å². The van der Waals surface area contributed by atoms with Gasteiger partial charge in [0.05, 0.1) is 13.2 Å². The van der Waals surface area contributed by atoms with Crippen LogP contribution in [0.15, 0.2) is 36.4 Å². The lowest BCUT2D eigenvalue weighted by atomic mass is 10.0. The summed E-state index contributed by atoms with van der Waals surface area (Å²) < 4.78 is 15.9. The maximum absolute atomic E-state index is 12.5. The molecule has 0 unspecified atom stereocenters. The predicted molar refractivity (Wildman–Crippen MR) is 86.2 cm³/mol. The second-order valence-corrected chi connectivity index (χ2v) is 5.51. The number of nitrogens with one attached hydrogen (secondary N) is 1. The van der Waals surface area contributed by atoms with Crippen molar-refractivity contribution in [2.75, 3.05) is 13.9 Å². The number of amides is 1. The van der Waals surface area contributed by atoms with Crippen molar-refractivity contribution in [3.8, 4) is 17.2 Å². The number of carbonyl (C=O) groups is 1. The fraction of sp³-hybridized carbons (Fsp3) is 0.278. The van der Waals surface area contributed by atoms with Gasteiger partial charge in [0.15, 0.2) is 11.5 Å². The molecule has 120 valence electrons. The number of benzene rings is 2. The largest absolute Gasteiger partial charge is 0.496 e. The summed E-state index contributed by atoms with van der Waals surface area (Å²) in [5.74, 6) is 1.85. The maximum atomic E-state index is 12.5. The van der Waals surface area contributed by atoms with Crippen LogP contribution < -0.4 is 19.5 Å². The zero-order valence-corrected chi connectivity index (χ0v) is 13.4. The van der Waals surface area contributed by atoms with E-state index in [4.69, 9.17) is 14.2 Å². The van der Waals surface area contributed by atoms with Crippen LogP contribution in [0.5, 0.6) is 17.2 Å². The molecule has 5 nitrogen and oxygen atoms in total. The first-order valence-corrected chi connectivity index (χ1v) is 7.43. The SMILES string of the molecule is COc1ccc(C)cc1[C@@H](C)NC(=O)c1ccc2c(c1)OCO2. The van der Waals surface area contributed by atoms with Crippen LogP contribution in [0.1, 0.15) is 34.5 Å². The molecule has 0 fully saturated rings. The van der Waals surface area contributed by atoms with E-state index in [1.807, 2.05) is 32.0 Å². The third-order valence-electron chi connectivity index (χ3n) is 3.83. The molecule has 1 heterocycles. The van der Waals surface area contributed by atoms with Crippen molar-refractivity contribution in [3.63, 3.8) is 0 Å². The minimum atomic E-state index is -0.178. The number of rotatable bonds is 4. The third-order valence-corrected chi connectivity index (χ3v) is 3.83. The molecule has 3 rings (SSSR count). The van der Waals surface area contributed by atoms with Crippen LogP contribution in [0.2, 0.25) is 0 Å². The first-order valence-electron chi connectivity index (χ1n) is 7.43. The molecule has 1 atom stereocenters. The van der Waals surface area contributed by atoms with Crippen molar-refractivity contribution in [2.45, 2.75) is 19.9 Å². The number of fused-ring (bicyclic) bond motifs is 1. The second kappa shape index (κ2) is 6.20. The molecule has 0 saturated carbocycles. The van der Waals surface area contributed by atoms with Crippen LogP contribution in [0, 0.1) is 6.92 Å². The van der Waals surface area contributed by atoms with Crippen LogP contribution in [-0.2, 0) is 0 Å². The Kier molecular flexibility index (Phi) is 4.10. The number of carbonyl (C=O) groups excluding carboxylic acids is 1. The summed E-state index contributed by atoms with van der Waals surface area (Å²) >= 11 is 0. The first-order chi connectivity index (χ1) is 11.1. The highest BCUT2D eigenvalue weighted by atomic mass is 16.7. The number of hydrogen-bond donors (Lipinski definition) is 1. The lowest BCUT2D eigenvalue weighted by molar-refractivity contribution is 0.0939. The highest BCUT2D eigenvalue weighted by Crippen LogP contribution is 2.33. The average molecular weight is 313 g/mol. The van der Waals surface area contributed by atoms with Gasteiger partial charge in [-0.05, 0) is 38.1 Å². The van der Waals surface area contributed by atoms with Crippen LogP contribution in [-0.4, -0.2) is 19.8 Å². The molecular formula is C18H19NO4. The molecule has 0 bridgehead atoms. The maximum Gasteiger partial charge on any atom is 0.251 e. The Balaban J connectivity index is 1.78. The number of aryl methyl sites for hydroxylation is 1. The van der Waals surface area contributed by atoms with E-state index >= 15 is 0 Å². The summed E-state index contributed by atoms with van der Waals surface area (Å²) in [7, 11) is 1.63. The van der Waals surface area contributed by atoms with Crippen LogP contribution in [0.3, 0.4) is 0 Å². The van der Waals surface area contributed by atoms with Gasteiger partial charge in [-0.2, -0.15) is 0 Å². The van der Waals surface area contributed by atoms with Crippen LogP contribution in [0.4, 0.5) is 0 Å². The second-order valence-electron chi connectivity index (χ2n) is 5.51. The van der Waals surface area contributed by atoms with E-state index in [1.165, 1.54) is 0 Å². The molecule has 0 aliphatic carbocycles. The lowest BCUT2D eigenvalue weighted by Crippen LogP contribution is -2.27. The van der Waals surface area contributed by atoms with E-state index in [0.717, 1.165) is 16.9 Å². The molecule has 0 radical (unpaired) electrons. The fourth-order valence-corrected chi connectivity index (χ4v) is 2.59. The molecule has 1 aliphatic rings. The van der Waals surface area contributed by atoms with Crippen molar-refractivity contribution < 1.29 is 19.0 Å². The van der Waals surface area contributed by atoms with E-state index in [-0.39, 0.29) is 18.7 Å². The summed E-state index contributed by atoms with van der Waals surface area (Å²) in [6.45, 7) is 4.13. The van der Waals surface area contributed by atoms with Crippen molar-refractivity contribution in [1.29, 1.82) is 0 Å². The monoisotopic (exact) mass is 313 g/mol. The van der Waals surface area contributed by atoms with Crippen molar-refractivity contribution in [3.05, 3.63) is 53.1 Å². The normalized spacial score (nSPS) is 13.5. The summed E-state index contributed by atoms with van der Waals surface area (Å²) in [6, 6.07) is 10.9. The Labute approximate surface area is 135 Å². The first kappa shape index (κ1) is 15.2. The van der Waals surface area contributed by atoms with E-state index in [9.17, 15) is 4.79 Å². The van der Waals surface area contributed by atoms with Gasteiger partial charge in [-0.3, -0.25) is 4.79 Å². The van der Waals surface area contributed by atoms with Gasteiger partial charge in [-0.1, -0.05) is 17.7 Å². The Hall–Kier alpha value is -2.69. The van der Waals surface area contributed by atoms with Gasteiger partial charge >= 0.3 is 0 Å². The molecule has 2 aromatic carbocycles. The molecule has 1 amide bonds. The Bertz CT molecular complexity index is 742. The van der Waals surface area contributed by atoms with Crippen molar-refractivity contribution in [2.24, 2.45) is 0 Å². The summed E-state index contributed by atoms with van der Waals surface area (Å²) in [5, 5.41) is 2.99. The molecule has 0 saturated heterocycles. The van der Waals surface area contributed by atoms with Gasteiger partial charge in [0.1, 0.15) is 5.75 Å². The Morgan fingerprint density at radius 3 is 2.74 bits per heavy atom. The number of ether oxygens (including phenoxy) is 3. The minimum Gasteiger partial charge on any atom is -0.496 e. The average Bonchev–Trinajstić information content (AvgIpc) is 3.02. The molecule has 5 heteroatoms. The van der Waals surface area contributed by atoms with E-state index in [1.54, 1.807) is 25.3 Å². The zero-order valence-electron chi connectivity index (χ0n) is 13.4. The van der Waals surface area contributed by atoms with Gasteiger partial charge in [0.25, 0.3) is 5.91 Å². The van der Waals surface area contributed by atoms with Crippen LogP contribution in [0.25, 0.3) is 0 Å². The molecule has 2 aromatic rings. The highest BCUT2D eigenvalue weighted by Gasteiger charge is 2.19. The highest BCUT2D eigenvalue weighted by molar-refractivity contribution is 5.95. The van der Waals surface area contributed by atoms with E-state index in [0.29, 0.717) is 17.1 Å². The van der Waals surface area contributed by atoms with Crippen LogP contribution >= 0.6 is 0 Å². The molecule has 0 spiro atoms. The zero-order chi connectivity index (χ0) is 16.4. The fourth-order valence-electron chi connectivity index (χ4n) is 2.59. The van der Waals surface area contributed by atoms with Gasteiger partial charge in [-0.25, -0.2) is 0 Å². The Morgan fingerprint density at radius 2 is 1.96 bits per heavy atom. The van der Waals surface area contributed by atoms with E-state index < -0.39 is 0 Å². The smallest absolute Gasteiger partial charge is 0.251 e. The number of methoxy groups -OCH3 is 1. The molecule has 0 aromatic heterocycles. The predicted octanol–water partition coefficient (Wildman–Crippen LogP) is 3.22. The van der Waals surface area contributed by atoms with E-state index in [2.05, 4.69) is 5.32 Å². The standard InChI is InChI=1S/C18H19NO4/c1-11-4-6-15(21-3)14(8-11)12(2)19-18(20)13-5-7-16-17(9-13)23-10-22-16/h4-9,12H,10H2,1-3H3,(H,19,20)/t12-/m1/s1. The Morgan fingerprint density at radius 1 is 1.17 bits per heavy atom. The molecule has 23 heavy (non-hydrogen) atoms. The molecular weight excluding hydrogens is 294 g/mol. The summed E-state index contributed by atoms with van der Waals surface area (Å²) in [6.07, 6.45) is 0. The third kappa shape index (κ3) is 3.08. The van der Waals surface area contributed by atoms with Crippen molar-refractivity contribution >= 4 is 5.91 Å². The van der Waals surface area contributed by atoms with Gasteiger partial charge in [0, 0.05) is 11.1 Å². The lowest BCUT2D eigenvalue weighted by Gasteiger charge is -2.18. The van der Waals surface area contributed by atoms with Gasteiger partial charge < -0.3 is 19.5 Å². The minimum absolute atomic E-state index is 0.167. The molecule has 1 N–H and O–H groups in total. The summed E-state index contributed by atoms with van der Waals surface area (Å²) in [5.41, 5.74) is 2.60. The summed E-state index contributed by atoms with van der Waals surface area (Å²) in [4.78, 5) is 12.5. The number of hydrogen-bond acceptors (Lipinski definition) is 4. The molecule has 1 aliphatic heterocycles. The van der Waals surface area contributed by atoms with Crippen molar-refractivity contribution in [1.82, 2.24) is 5.32 Å². The topological polar surface area (TPSA) is 56.8 Å².